The Morgan fingerprint density at radius 2 is 2.12 bits per heavy atom. The molecule has 120 valence electrons. The van der Waals surface area contributed by atoms with Crippen LogP contribution in [-0.2, 0) is 0 Å². The summed E-state index contributed by atoms with van der Waals surface area (Å²) in [4.78, 5) is 16.0. The summed E-state index contributed by atoms with van der Waals surface area (Å²) >= 11 is 1.37. The molecule has 0 amide bonds. The zero-order valence-electron chi connectivity index (χ0n) is 12.9. The predicted molar refractivity (Wildman–Crippen MR) is 94.7 cm³/mol. The highest BCUT2D eigenvalue weighted by Gasteiger charge is 2.20. The Hall–Kier alpha value is -3.04. The van der Waals surface area contributed by atoms with Crippen LogP contribution >= 0.6 is 11.3 Å². The molecular formula is C18H14N2O3S. The van der Waals surface area contributed by atoms with Crippen LogP contribution in [0.3, 0.4) is 0 Å². The Kier molecular flexibility index (Phi) is 4.11. The molecule has 2 N–H and O–H groups in total. The predicted octanol–water partition coefficient (Wildman–Crippen LogP) is 3.71. The number of thiophene rings is 1. The zero-order chi connectivity index (χ0) is 17.3. The third-order valence-corrected chi connectivity index (χ3v) is 4.66. The van der Waals surface area contributed by atoms with Gasteiger partial charge in [-0.15, -0.1) is 11.3 Å². The van der Waals surface area contributed by atoms with Gasteiger partial charge in [0.05, 0.1) is 5.39 Å². The van der Waals surface area contributed by atoms with Gasteiger partial charge in [-0.2, -0.15) is 5.26 Å². The summed E-state index contributed by atoms with van der Waals surface area (Å²) in [6.07, 6.45) is 1.67. The number of benzene rings is 1. The van der Waals surface area contributed by atoms with Crippen LogP contribution in [0.5, 0.6) is 11.5 Å². The second kappa shape index (κ2) is 6.22. The molecule has 0 unspecified atom stereocenters. The minimum Gasteiger partial charge on any atom is -0.506 e. The average molecular weight is 338 g/mol. The van der Waals surface area contributed by atoms with E-state index in [-0.39, 0.29) is 11.3 Å². The topological polar surface area (TPSA) is 86.1 Å². The molecule has 3 rings (SSSR count). The number of pyridine rings is 1. The fraction of sp³-hybridized carbons (Fsp3) is 0.111. The molecule has 0 aliphatic carbocycles. The molecule has 0 atom stereocenters. The summed E-state index contributed by atoms with van der Waals surface area (Å²) in [7, 11) is 0. The maximum absolute atomic E-state index is 11.8. The molecule has 3 aromatic rings. The fourth-order valence-electron chi connectivity index (χ4n) is 2.58. The Balaban J connectivity index is 2.19. The summed E-state index contributed by atoms with van der Waals surface area (Å²) < 4.78 is 5.47. The molecule has 0 saturated heterocycles. The molecule has 24 heavy (non-hydrogen) atoms. The van der Waals surface area contributed by atoms with Gasteiger partial charge in [-0.25, -0.2) is 0 Å². The van der Waals surface area contributed by atoms with Gasteiger partial charge < -0.3 is 14.8 Å². The van der Waals surface area contributed by atoms with Crippen LogP contribution in [0.2, 0.25) is 0 Å². The van der Waals surface area contributed by atoms with Crippen molar-refractivity contribution < 1.29 is 9.84 Å². The molecule has 0 radical (unpaired) electrons. The van der Waals surface area contributed by atoms with Crippen molar-refractivity contribution in [1.82, 2.24) is 4.98 Å². The van der Waals surface area contributed by atoms with E-state index in [2.05, 4.69) is 11.6 Å². The van der Waals surface area contributed by atoms with Crippen LogP contribution in [0.1, 0.15) is 10.4 Å². The van der Waals surface area contributed by atoms with Crippen molar-refractivity contribution in [3.63, 3.8) is 0 Å². The highest BCUT2D eigenvalue weighted by molar-refractivity contribution is 7.19. The lowest BCUT2D eigenvalue weighted by Gasteiger charge is -2.07. The van der Waals surface area contributed by atoms with E-state index in [1.165, 1.54) is 11.3 Å². The van der Waals surface area contributed by atoms with Gasteiger partial charge in [0.25, 0.3) is 5.56 Å². The van der Waals surface area contributed by atoms with E-state index in [1.807, 2.05) is 31.2 Å². The number of hydrogen-bond donors (Lipinski definition) is 2. The number of nitriles is 1. The van der Waals surface area contributed by atoms with Crippen molar-refractivity contribution in [2.75, 3.05) is 6.61 Å². The number of rotatable bonds is 4. The first-order chi connectivity index (χ1) is 11.6. The van der Waals surface area contributed by atoms with Gasteiger partial charge in [-0.05, 0) is 24.6 Å². The van der Waals surface area contributed by atoms with Gasteiger partial charge in [0.1, 0.15) is 29.0 Å². The number of H-pyrrole nitrogens is 1. The summed E-state index contributed by atoms with van der Waals surface area (Å²) in [5.74, 6) is 0.439. The molecule has 0 spiro atoms. The molecule has 0 bridgehead atoms. The Bertz CT molecular complexity index is 1020. The molecule has 0 saturated carbocycles. The number of aromatic amines is 1. The Morgan fingerprint density at radius 3 is 2.75 bits per heavy atom. The van der Waals surface area contributed by atoms with Crippen molar-refractivity contribution in [3.05, 3.63) is 57.7 Å². The fourth-order valence-corrected chi connectivity index (χ4v) is 3.65. The van der Waals surface area contributed by atoms with Crippen molar-refractivity contribution >= 4 is 21.6 Å². The summed E-state index contributed by atoms with van der Waals surface area (Å²) in [6.45, 7) is 5.94. The lowest BCUT2D eigenvalue weighted by Crippen LogP contribution is -2.09. The summed E-state index contributed by atoms with van der Waals surface area (Å²) in [6, 6.07) is 9.17. The number of nitrogens with zero attached hydrogens (tertiary/aromatic N) is 1. The summed E-state index contributed by atoms with van der Waals surface area (Å²) in [5.41, 5.74) is 0.822. The van der Waals surface area contributed by atoms with Crippen molar-refractivity contribution in [2.45, 2.75) is 6.92 Å². The molecule has 0 aliphatic rings. The third kappa shape index (κ3) is 2.55. The van der Waals surface area contributed by atoms with Crippen LogP contribution in [-0.4, -0.2) is 16.7 Å². The van der Waals surface area contributed by atoms with E-state index in [1.54, 1.807) is 12.1 Å². The van der Waals surface area contributed by atoms with Crippen LogP contribution in [0.25, 0.3) is 21.3 Å². The van der Waals surface area contributed by atoms with E-state index < -0.39 is 5.56 Å². The quantitative estimate of drug-likeness (QED) is 0.710. The van der Waals surface area contributed by atoms with Crippen LogP contribution in [0.15, 0.2) is 41.7 Å². The maximum Gasteiger partial charge on any atom is 0.270 e. The zero-order valence-corrected chi connectivity index (χ0v) is 13.7. The van der Waals surface area contributed by atoms with Crippen LogP contribution < -0.4 is 10.3 Å². The SMILES string of the molecule is C=CCOc1ccc(-c2c(C)sc3[nH]c(=O)c(C#N)c(O)c23)cc1. The van der Waals surface area contributed by atoms with Crippen LogP contribution in [0, 0.1) is 18.3 Å². The first-order valence-corrected chi connectivity index (χ1v) is 8.01. The van der Waals surface area contributed by atoms with E-state index in [0.29, 0.717) is 22.6 Å². The second-order valence-electron chi connectivity index (χ2n) is 5.15. The molecule has 5 nitrogen and oxygen atoms in total. The average Bonchev–Trinajstić information content (AvgIpc) is 2.90. The minimum atomic E-state index is -0.580. The van der Waals surface area contributed by atoms with Gasteiger partial charge >= 0.3 is 0 Å². The number of nitrogens with one attached hydrogen (secondary N) is 1. The number of aromatic nitrogens is 1. The van der Waals surface area contributed by atoms with Crippen molar-refractivity contribution in [1.29, 1.82) is 5.26 Å². The van der Waals surface area contributed by atoms with Gasteiger partial charge in [-0.3, -0.25) is 4.79 Å². The third-order valence-electron chi connectivity index (χ3n) is 3.63. The van der Waals surface area contributed by atoms with Gasteiger partial charge in [0, 0.05) is 10.4 Å². The van der Waals surface area contributed by atoms with E-state index in [0.717, 1.165) is 16.0 Å². The lowest BCUT2D eigenvalue weighted by atomic mass is 10.0. The first kappa shape index (κ1) is 15.8. The Morgan fingerprint density at radius 1 is 1.42 bits per heavy atom. The minimum absolute atomic E-state index is 0.271. The smallest absolute Gasteiger partial charge is 0.270 e. The number of aryl methyl sites for hydroxylation is 1. The van der Waals surface area contributed by atoms with Crippen molar-refractivity contribution in [2.24, 2.45) is 0 Å². The second-order valence-corrected chi connectivity index (χ2v) is 6.38. The molecular weight excluding hydrogens is 324 g/mol. The van der Waals surface area contributed by atoms with Crippen LogP contribution in [0.4, 0.5) is 0 Å². The monoisotopic (exact) mass is 338 g/mol. The highest BCUT2D eigenvalue weighted by Crippen LogP contribution is 2.42. The number of ether oxygens (including phenoxy) is 1. The van der Waals surface area contributed by atoms with E-state index in [9.17, 15) is 9.90 Å². The largest absolute Gasteiger partial charge is 0.506 e. The van der Waals surface area contributed by atoms with Gasteiger partial charge in [-0.1, -0.05) is 24.8 Å². The molecule has 0 fully saturated rings. The number of fused-ring (bicyclic) bond motifs is 1. The normalized spacial score (nSPS) is 10.5. The highest BCUT2D eigenvalue weighted by atomic mass is 32.1. The molecule has 6 heteroatoms. The van der Waals surface area contributed by atoms with Gasteiger partial charge in [0.15, 0.2) is 5.56 Å². The molecule has 2 heterocycles. The Labute approximate surface area is 142 Å². The van der Waals surface area contributed by atoms with E-state index in [4.69, 9.17) is 10.00 Å². The van der Waals surface area contributed by atoms with Gasteiger partial charge in [0.2, 0.25) is 0 Å². The van der Waals surface area contributed by atoms with Crippen molar-refractivity contribution in [3.8, 4) is 28.7 Å². The molecule has 0 aliphatic heterocycles. The van der Waals surface area contributed by atoms with E-state index >= 15 is 0 Å². The first-order valence-electron chi connectivity index (χ1n) is 7.19. The number of aromatic hydroxyl groups is 1. The maximum atomic E-state index is 11.8. The number of hydrogen-bond acceptors (Lipinski definition) is 5. The molecule has 2 aromatic heterocycles. The standard InChI is InChI=1S/C18H14N2O3S/c1-3-8-23-12-6-4-11(5-7-12)14-10(2)24-18-15(14)16(21)13(9-19)17(22)20-18/h3-7H,1,8H2,2H3,(H2,20,21,22). The summed E-state index contributed by atoms with van der Waals surface area (Å²) in [5, 5.41) is 20.0. The molecule has 1 aromatic carbocycles. The lowest BCUT2D eigenvalue weighted by molar-refractivity contribution is 0.363.